The van der Waals surface area contributed by atoms with Gasteiger partial charge in [0.05, 0.1) is 25.6 Å². The molecule has 1 atom stereocenters. The van der Waals surface area contributed by atoms with Gasteiger partial charge in [-0.1, -0.05) is 19.9 Å². The van der Waals surface area contributed by atoms with Crippen LogP contribution in [0.2, 0.25) is 0 Å². The minimum Gasteiger partial charge on any atom is -0.497 e. The van der Waals surface area contributed by atoms with Crippen LogP contribution in [0.4, 0.5) is 11.4 Å². The summed E-state index contributed by atoms with van der Waals surface area (Å²) in [5.41, 5.74) is 1.95. The Morgan fingerprint density at radius 1 is 1.14 bits per heavy atom. The normalized spacial score (nSPS) is 16.1. The molecular weight excluding hydrogens is 296 g/mol. The zero-order valence-electron chi connectivity index (χ0n) is 13.7. The summed E-state index contributed by atoms with van der Waals surface area (Å²) in [5, 5.41) is 2.07. The number of fused-ring (bicyclic) bond motifs is 1. The lowest BCUT2D eigenvalue weighted by Gasteiger charge is -2.33. The summed E-state index contributed by atoms with van der Waals surface area (Å²) in [6.45, 7) is 4.00. The monoisotopic (exact) mass is 318 g/mol. The molecule has 1 aliphatic rings. The van der Waals surface area contributed by atoms with Gasteiger partial charge in [0.2, 0.25) is 5.90 Å². The number of benzene rings is 1. The van der Waals surface area contributed by atoms with Crippen molar-refractivity contribution in [2.24, 2.45) is 4.99 Å². The number of nitrogens with zero attached hydrogens (tertiary/aromatic N) is 2. The number of likely N-dealkylation sites (N-methyl/N-ethyl adjacent to an activating group) is 1. The maximum atomic E-state index is 5.50. The van der Waals surface area contributed by atoms with E-state index in [-0.39, 0.29) is 6.04 Å². The second-order valence-corrected chi connectivity index (χ2v) is 5.52. The van der Waals surface area contributed by atoms with Gasteiger partial charge in [-0.25, -0.2) is 4.99 Å². The number of hydrogen-bond donors (Lipinski definition) is 0. The summed E-state index contributed by atoms with van der Waals surface area (Å²) in [6, 6.07) is 10.1. The van der Waals surface area contributed by atoms with Gasteiger partial charge in [0.25, 0.3) is 0 Å². The van der Waals surface area contributed by atoms with E-state index in [1.54, 1.807) is 25.6 Å². The highest BCUT2D eigenvalue weighted by atomic mass is 32.1. The van der Waals surface area contributed by atoms with Crippen LogP contribution < -0.4 is 9.64 Å². The van der Waals surface area contributed by atoms with Crippen molar-refractivity contribution in [3.8, 4) is 5.75 Å². The molecule has 0 N–H and O–H groups in total. The van der Waals surface area contributed by atoms with Crippen LogP contribution in [0, 0.1) is 0 Å². The van der Waals surface area contributed by atoms with Crippen LogP contribution in [-0.2, 0) is 4.74 Å². The van der Waals surface area contributed by atoms with Gasteiger partial charge in [0.15, 0.2) is 0 Å². The van der Waals surface area contributed by atoms with Crippen molar-refractivity contribution in [2.45, 2.75) is 19.9 Å². The molecule has 5 heteroatoms. The molecule has 118 valence electrons. The van der Waals surface area contributed by atoms with Gasteiger partial charge in [-0.05, 0) is 23.6 Å². The first kappa shape index (κ1) is 16.4. The Hall–Kier alpha value is -2.01. The molecule has 1 aromatic heterocycles. The van der Waals surface area contributed by atoms with Crippen LogP contribution in [0.3, 0.4) is 0 Å². The molecule has 0 saturated carbocycles. The first-order valence-electron chi connectivity index (χ1n) is 7.31. The van der Waals surface area contributed by atoms with E-state index >= 15 is 0 Å². The molecule has 4 nitrogen and oxygen atoms in total. The van der Waals surface area contributed by atoms with Gasteiger partial charge in [-0.3, -0.25) is 0 Å². The molecule has 1 aliphatic heterocycles. The van der Waals surface area contributed by atoms with Crippen LogP contribution in [0.5, 0.6) is 5.75 Å². The third kappa shape index (κ3) is 2.95. The van der Waals surface area contributed by atoms with E-state index < -0.39 is 0 Å². The fourth-order valence-corrected chi connectivity index (χ4v) is 3.28. The topological polar surface area (TPSA) is 34.1 Å². The smallest absolute Gasteiger partial charge is 0.217 e. The van der Waals surface area contributed by atoms with Crippen LogP contribution >= 0.6 is 11.3 Å². The van der Waals surface area contributed by atoms with E-state index in [9.17, 15) is 0 Å². The molecule has 0 bridgehead atoms. The fourth-order valence-electron chi connectivity index (χ4n) is 2.42. The minimum absolute atomic E-state index is 0.0286. The van der Waals surface area contributed by atoms with Crippen molar-refractivity contribution in [3.63, 3.8) is 0 Å². The first-order chi connectivity index (χ1) is 10.7. The standard InChI is InChI=1S/C15H16N2O2S.C2H6/c1-17-12-7-6-10(18-2)9-11(12)16-15(19-3)14(17)13-5-4-8-20-13;1-2/h4-9,14H,1-3H3;1-2H3. The molecule has 1 aromatic carbocycles. The summed E-state index contributed by atoms with van der Waals surface area (Å²) >= 11 is 1.71. The number of rotatable bonds is 2. The number of aliphatic imine (C=N–C) groups is 1. The van der Waals surface area contributed by atoms with Gasteiger partial charge in [-0.2, -0.15) is 0 Å². The van der Waals surface area contributed by atoms with Gasteiger partial charge in [0, 0.05) is 18.0 Å². The van der Waals surface area contributed by atoms with Crippen LogP contribution in [0.15, 0.2) is 40.7 Å². The van der Waals surface area contributed by atoms with Gasteiger partial charge < -0.3 is 14.4 Å². The van der Waals surface area contributed by atoms with Crippen LogP contribution in [0.25, 0.3) is 0 Å². The SMILES string of the molecule is CC.COC1=Nc2cc(OC)ccc2N(C)C1c1cccs1. The number of hydrogen-bond acceptors (Lipinski definition) is 5. The maximum absolute atomic E-state index is 5.50. The number of thiophene rings is 1. The van der Waals surface area contributed by atoms with Crippen LogP contribution in [0.1, 0.15) is 24.8 Å². The second-order valence-electron chi connectivity index (χ2n) is 4.54. The van der Waals surface area contributed by atoms with E-state index in [1.165, 1.54) is 4.88 Å². The van der Waals surface area contributed by atoms with Crippen molar-refractivity contribution in [3.05, 3.63) is 40.6 Å². The Labute approximate surface area is 136 Å². The lowest BCUT2D eigenvalue weighted by atomic mass is 10.1. The molecule has 2 aromatic rings. The Morgan fingerprint density at radius 3 is 2.50 bits per heavy atom. The van der Waals surface area contributed by atoms with Crippen molar-refractivity contribution in [2.75, 3.05) is 26.2 Å². The van der Waals surface area contributed by atoms with E-state index in [2.05, 4.69) is 28.4 Å². The van der Waals surface area contributed by atoms with Crippen molar-refractivity contribution >= 4 is 28.6 Å². The van der Waals surface area contributed by atoms with Gasteiger partial charge in [0.1, 0.15) is 11.8 Å². The molecule has 2 heterocycles. The summed E-state index contributed by atoms with van der Waals surface area (Å²) < 4.78 is 10.8. The Bertz CT molecular complexity index is 638. The zero-order valence-corrected chi connectivity index (χ0v) is 14.5. The highest BCUT2D eigenvalue weighted by Gasteiger charge is 2.31. The van der Waals surface area contributed by atoms with Gasteiger partial charge in [-0.15, -0.1) is 11.3 Å². The quantitative estimate of drug-likeness (QED) is 0.808. The van der Waals surface area contributed by atoms with E-state index in [0.29, 0.717) is 5.90 Å². The van der Waals surface area contributed by atoms with E-state index in [4.69, 9.17) is 9.47 Å². The first-order valence-corrected chi connectivity index (χ1v) is 8.19. The van der Waals surface area contributed by atoms with E-state index in [1.807, 2.05) is 38.1 Å². The molecule has 22 heavy (non-hydrogen) atoms. The Morgan fingerprint density at radius 2 is 1.91 bits per heavy atom. The Kier molecular flexibility index (Phi) is 5.44. The van der Waals surface area contributed by atoms with Crippen molar-refractivity contribution < 1.29 is 9.47 Å². The minimum atomic E-state index is 0.0286. The average molecular weight is 318 g/mol. The molecule has 0 fully saturated rings. The summed E-state index contributed by atoms with van der Waals surface area (Å²) in [4.78, 5) is 8.04. The molecule has 0 amide bonds. The summed E-state index contributed by atoms with van der Waals surface area (Å²) in [6.07, 6.45) is 0. The molecule has 1 unspecified atom stereocenters. The maximum Gasteiger partial charge on any atom is 0.217 e. The highest BCUT2D eigenvalue weighted by Crippen LogP contribution is 2.42. The lowest BCUT2D eigenvalue weighted by molar-refractivity contribution is 0.380. The van der Waals surface area contributed by atoms with E-state index in [0.717, 1.165) is 17.1 Å². The summed E-state index contributed by atoms with van der Waals surface area (Å²) in [7, 11) is 5.38. The summed E-state index contributed by atoms with van der Waals surface area (Å²) in [5.74, 6) is 1.50. The van der Waals surface area contributed by atoms with Gasteiger partial charge >= 0.3 is 0 Å². The van der Waals surface area contributed by atoms with Crippen LogP contribution in [-0.4, -0.2) is 27.2 Å². The lowest BCUT2D eigenvalue weighted by Crippen LogP contribution is -2.33. The average Bonchev–Trinajstić information content (AvgIpc) is 3.09. The predicted octanol–water partition coefficient (Wildman–Crippen LogP) is 4.65. The number of ether oxygens (including phenoxy) is 2. The zero-order chi connectivity index (χ0) is 16.1. The largest absolute Gasteiger partial charge is 0.497 e. The molecule has 0 spiro atoms. The fraction of sp³-hybridized carbons (Fsp3) is 0.353. The van der Waals surface area contributed by atoms with Crippen molar-refractivity contribution in [1.29, 1.82) is 0 Å². The number of anilines is 1. The Balaban J connectivity index is 0.000000847. The molecule has 0 saturated heterocycles. The van der Waals surface area contributed by atoms with Crippen molar-refractivity contribution in [1.82, 2.24) is 0 Å². The third-order valence-electron chi connectivity index (χ3n) is 3.44. The molecule has 0 radical (unpaired) electrons. The molecule has 3 rings (SSSR count). The second kappa shape index (κ2) is 7.31. The molecule has 0 aliphatic carbocycles. The highest BCUT2D eigenvalue weighted by molar-refractivity contribution is 7.10. The molecular formula is C17H22N2O2S. The predicted molar refractivity (Wildman–Crippen MR) is 93.9 cm³/mol. The third-order valence-corrected chi connectivity index (χ3v) is 4.36. The number of methoxy groups -OCH3 is 2.